The molecular weight excluding hydrogens is 235 g/mol. The minimum absolute atomic E-state index is 0.185. The maximum atomic E-state index is 13.4. The molecule has 1 aliphatic heterocycles. The lowest BCUT2D eigenvalue weighted by Crippen LogP contribution is -2.42. The topological polar surface area (TPSA) is 46.4 Å². The lowest BCUT2D eigenvalue weighted by atomic mass is 9.91. The van der Waals surface area contributed by atoms with Crippen molar-refractivity contribution in [3.63, 3.8) is 0 Å². The second-order valence-electron chi connectivity index (χ2n) is 4.98. The van der Waals surface area contributed by atoms with Gasteiger partial charge in [0.1, 0.15) is 5.82 Å². The highest BCUT2D eigenvalue weighted by Crippen LogP contribution is 2.31. The first-order valence-corrected chi connectivity index (χ1v) is 6.20. The van der Waals surface area contributed by atoms with Gasteiger partial charge in [-0.3, -0.25) is 10.1 Å². The number of halogens is 1. The molecule has 0 N–H and O–H groups in total. The fourth-order valence-electron chi connectivity index (χ4n) is 2.53. The Labute approximate surface area is 106 Å². The summed E-state index contributed by atoms with van der Waals surface area (Å²) in [7, 11) is 0. The Bertz CT molecular complexity index is 464. The number of nitro groups is 1. The molecular formula is C13H17FN2O2. The Morgan fingerprint density at radius 1 is 1.39 bits per heavy atom. The molecule has 1 aromatic carbocycles. The molecule has 1 saturated heterocycles. The molecule has 1 heterocycles. The molecule has 0 aliphatic carbocycles. The van der Waals surface area contributed by atoms with Gasteiger partial charge in [-0.15, -0.1) is 0 Å². The van der Waals surface area contributed by atoms with Crippen LogP contribution in [0.15, 0.2) is 18.2 Å². The molecule has 5 heteroatoms. The van der Waals surface area contributed by atoms with E-state index in [9.17, 15) is 14.5 Å². The predicted molar refractivity (Wildman–Crippen MR) is 68.3 cm³/mol. The van der Waals surface area contributed by atoms with E-state index in [2.05, 4.69) is 18.7 Å². The van der Waals surface area contributed by atoms with Crippen LogP contribution in [0.4, 0.5) is 15.8 Å². The van der Waals surface area contributed by atoms with Crippen LogP contribution >= 0.6 is 0 Å². The summed E-state index contributed by atoms with van der Waals surface area (Å²) < 4.78 is 13.4. The molecule has 0 bridgehead atoms. The van der Waals surface area contributed by atoms with Gasteiger partial charge < -0.3 is 4.90 Å². The normalized spacial score (nSPS) is 24.1. The molecule has 1 fully saturated rings. The van der Waals surface area contributed by atoms with Gasteiger partial charge in [-0.1, -0.05) is 6.92 Å². The van der Waals surface area contributed by atoms with Gasteiger partial charge in [-0.05, 0) is 31.7 Å². The third kappa shape index (κ3) is 2.44. The number of rotatable bonds is 2. The van der Waals surface area contributed by atoms with Gasteiger partial charge in [0.2, 0.25) is 0 Å². The molecule has 2 rings (SSSR count). The van der Waals surface area contributed by atoms with E-state index in [1.165, 1.54) is 12.1 Å². The molecule has 0 saturated carbocycles. The van der Waals surface area contributed by atoms with Crippen LogP contribution in [-0.2, 0) is 0 Å². The molecule has 98 valence electrons. The number of anilines is 1. The number of benzene rings is 1. The maximum Gasteiger partial charge on any atom is 0.274 e. The van der Waals surface area contributed by atoms with E-state index in [4.69, 9.17) is 0 Å². The van der Waals surface area contributed by atoms with E-state index in [1.54, 1.807) is 0 Å². The van der Waals surface area contributed by atoms with Gasteiger partial charge >= 0.3 is 0 Å². The highest BCUT2D eigenvalue weighted by Gasteiger charge is 2.26. The second kappa shape index (κ2) is 4.92. The lowest BCUT2D eigenvalue weighted by Gasteiger charge is -2.39. The fourth-order valence-corrected chi connectivity index (χ4v) is 2.53. The van der Waals surface area contributed by atoms with E-state index in [0.29, 0.717) is 11.6 Å². The quantitative estimate of drug-likeness (QED) is 0.599. The standard InChI is InChI=1S/C13H17FN2O2/c1-9-4-3-5-15(10(9)2)12-6-11(14)7-13(8-12)16(17)18/h6-10H,3-5H2,1-2H3. The molecule has 0 aromatic heterocycles. The predicted octanol–water partition coefficient (Wildman–Crippen LogP) is 3.36. The third-order valence-corrected chi connectivity index (χ3v) is 3.78. The fraction of sp³-hybridized carbons (Fsp3) is 0.538. The zero-order valence-corrected chi connectivity index (χ0v) is 10.6. The van der Waals surface area contributed by atoms with Crippen molar-refractivity contribution < 1.29 is 9.31 Å². The average Bonchev–Trinajstić information content (AvgIpc) is 2.31. The largest absolute Gasteiger partial charge is 0.368 e. The summed E-state index contributed by atoms with van der Waals surface area (Å²) in [6.07, 6.45) is 2.19. The van der Waals surface area contributed by atoms with Crippen LogP contribution in [0.2, 0.25) is 0 Å². The van der Waals surface area contributed by atoms with Gasteiger partial charge in [-0.2, -0.15) is 0 Å². The minimum Gasteiger partial charge on any atom is -0.368 e. The number of nitro benzene ring substituents is 1. The van der Waals surface area contributed by atoms with Gasteiger partial charge in [-0.25, -0.2) is 4.39 Å². The number of nitrogens with zero attached hydrogens (tertiary/aromatic N) is 2. The van der Waals surface area contributed by atoms with Crippen LogP contribution in [0.1, 0.15) is 26.7 Å². The summed E-state index contributed by atoms with van der Waals surface area (Å²) in [6, 6.07) is 4.07. The van der Waals surface area contributed by atoms with E-state index in [-0.39, 0.29) is 11.7 Å². The number of piperidine rings is 1. The monoisotopic (exact) mass is 252 g/mol. The minimum atomic E-state index is -0.551. The maximum absolute atomic E-state index is 13.4. The summed E-state index contributed by atoms with van der Waals surface area (Å²) in [5, 5.41) is 10.8. The highest BCUT2D eigenvalue weighted by atomic mass is 19.1. The number of hydrogen-bond donors (Lipinski definition) is 0. The lowest BCUT2D eigenvalue weighted by molar-refractivity contribution is -0.385. The third-order valence-electron chi connectivity index (χ3n) is 3.78. The zero-order chi connectivity index (χ0) is 13.3. The summed E-state index contributed by atoms with van der Waals surface area (Å²) >= 11 is 0. The average molecular weight is 252 g/mol. The van der Waals surface area contributed by atoms with Gasteiger partial charge in [0.25, 0.3) is 5.69 Å². The molecule has 0 amide bonds. The van der Waals surface area contributed by atoms with Crippen LogP contribution < -0.4 is 4.90 Å². The van der Waals surface area contributed by atoms with E-state index in [1.807, 2.05) is 0 Å². The van der Waals surface area contributed by atoms with Crippen molar-refractivity contribution in [3.8, 4) is 0 Å². The molecule has 0 spiro atoms. The Morgan fingerprint density at radius 2 is 2.11 bits per heavy atom. The molecule has 2 atom stereocenters. The smallest absolute Gasteiger partial charge is 0.274 e. The molecule has 2 unspecified atom stereocenters. The van der Waals surface area contributed by atoms with E-state index < -0.39 is 10.7 Å². The summed E-state index contributed by atoms with van der Waals surface area (Å²) in [4.78, 5) is 12.3. The zero-order valence-electron chi connectivity index (χ0n) is 10.6. The van der Waals surface area contributed by atoms with E-state index >= 15 is 0 Å². The Hall–Kier alpha value is -1.65. The van der Waals surface area contributed by atoms with Crippen molar-refractivity contribution in [3.05, 3.63) is 34.1 Å². The first-order valence-electron chi connectivity index (χ1n) is 6.20. The van der Waals surface area contributed by atoms with Crippen LogP contribution in [-0.4, -0.2) is 17.5 Å². The van der Waals surface area contributed by atoms with Crippen molar-refractivity contribution in [1.29, 1.82) is 0 Å². The van der Waals surface area contributed by atoms with Crippen molar-refractivity contribution in [2.24, 2.45) is 5.92 Å². The van der Waals surface area contributed by atoms with Gasteiger partial charge in [0, 0.05) is 24.3 Å². The number of hydrogen-bond acceptors (Lipinski definition) is 3. The van der Waals surface area contributed by atoms with Crippen LogP contribution in [0.3, 0.4) is 0 Å². The van der Waals surface area contributed by atoms with E-state index in [0.717, 1.165) is 25.5 Å². The second-order valence-corrected chi connectivity index (χ2v) is 4.98. The van der Waals surface area contributed by atoms with Crippen molar-refractivity contribution in [1.82, 2.24) is 0 Å². The highest BCUT2D eigenvalue weighted by molar-refractivity contribution is 5.54. The summed E-state index contributed by atoms with van der Waals surface area (Å²) in [5.41, 5.74) is 0.427. The first kappa shape index (κ1) is 12.8. The van der Waals surface area contributed by atoms with Crippen LogP contribution in [0, 0.1) is 21.8 Å². The van der Waals surface area contributed by atoms with Crippen LogP contribution in [0.25, 0.3) is 0 Å². The molecule has 18 heavy (non-hydrogen) atoms. The SMILES string of the molecule is CC1CCCN(c2cc(F)cc([N+](=O)[O-])c2)C1C. The number of non-ortho nitro benzene ring substituents is 1. The van der Waals surface area contributed by atoms with Gasteiger partial charge in [0.15, 0.2) is 0 Å². The molecule has 1 aliphatic rings. The molecule has 1 aromatic rings. The van der Waals surface area contributed by atoms with Gasteiger partial charge in [0.05, 0.1) is 11.0 Å². The van der Waals surface area contributed by atoms with Crippen molar-refractivity contribution >= 4 is 11.4 Å². The van der Waals surface area contributed by atoms with Crippen LogP contribution in [0.5, 0.6) is 0 Å². The summed E-state index contributed by atoms with van der Waals surface area (Å²) in [6.45, 7) is 5.07. The Kier molecular flexibility index (Phi) is 3.50. The Balaban J connectivity index is 2.35. The van der Waals surface area contributed by atoms with Crippen molar-refractivity contribution in [2.75, 3.05) is 11.4 Å². The molecule has 0 radical (unpaired) electrons. The van der Waals surface area contributed by atoms with Crippen molar-refractivity contribution in [2.45, 2.75) is 32.7 Å². The Morgan fingerprint density at radius 3 is 2.78 bits per heavy atom. The first-order chi connectivity index (χ1) is 8.49. The summed E-state index contributed by atoms with van der Waals surface area (Å²) in [5.74, 6) is -0.0364. The molecule has 4 nitrogen and oxygen atoms in total.